The molecule has 2 aliphatic rings. The molecule has 1 saturated carbocycles. The van der Waals surface area contributed by atoms with E-state index in [0.29, 0.717) is 11.5 Å². The summed E-state index contributed by atoms with van der Waals surface area (Å²) in [5.41, 5.74) is 2.42. The Balaban J connectivity index is 1.14. The summed E-state index contributed by atoms with van der Waals surface area (Å²) >= 11 is 10.6. The summed E-state index contributed by atoms with van der Waals surface area (Å²) in [7, 11) is 0. The van der Waals surface area contributed by atoms with E-state index in [1.54, 1.807) is 0 Å². The van der Waals surface area contributed by atoms with Crippen molar-refractivity contribution in [1.29, 1.82) is 0 Å². The van der Waals surface area contributed by atoms with Crippen molar-refractivity contribution in [1.82, 2.24) is 19.8 Å². The number of rotatable bonds is 6. The molecular formula is C27H31BrN6OS2. The number of thioether (sulfide) groups is 1. The van der Waals surface area contributed by atoms with Gasteiger partial charge in [-0.25, -0.2) is 9.97 Å². The lowest BCUT2D eigenvalue weighted by Gasteiger charge is -2.41. The summed E-state index contributed by atoms with van der Waals surface area (Å²) in [4.78, 5) is 26.4. The Hall–Kier alpha value is -2.27. The van der Waals surface area contributed by atoms with Gasteiger partial charge in [0.15, 0.2) is 0 Å². The van der Waals surface area contributed by atoms with Gasteiger partial charge in [-0.2, -0.15) is 0 Å². The Morgan fingerprint density at radius 2 is 1.84 bits per heavy atom. The fraction of sp³-hybridized carbons (Fsp3) is 0.407. The average molecular weight is 600 g/mol. The van der Waals surface area contributed by atoms with E-state index in [1.807, 2.05) is 42.5 Å². The SMILES string of the molecule is O=C(CSC(=S)N1CCN(C2CCCCC2)CC1)Nc1ccc2ncnc(Nc3cccc(Br)c3)c2c1. The van der Waals surface area contributed by atoms with Crippen molar-refractivity contribution >= 4 is 78.2 Å². The van der Waals surface area contributed by atoms with Crippen molar-refractivity contribution in [3.05, 3.63) is 53.3 Å². The van der Waals surface area contributed by atoms with E-state index in [0.717, 1.165) is 57.6 Å². The molecule has 1 aliphatic heterocycles. The molecule has 2 heterocycles. The molecule has 0 bridgehead atoms. The minimum atomic E-state index is -0.0779. The predicted octanol–water partition coefficient (Wildman–Crippen LogP) is 6.04. The second-order valence-electron chi connectivity index (χ2n) is 9.51. The first-order valence-electron chi connectivity index (χ1n) is 12.8. The van der Waals surface area contributed by atoms with Crippen LogP contribution in [0.5, 0.6) is 0 Å². The maximum Gasteiger partial charge on any atom is 0.234 e. The van der Waals surface area contributed by atoms with Crippen LogP contribution in [0.2, 0.25) is 0 Å². The molecule has 10 heteroatoms. The summed E-state index contributed by atoms with van der Waals surface area (Å²) in [6, 6.07) is 14.3. The third-order valence-electron chi connectivity index (χ3n) is 7.00. The van der Waals surface area contributed by atoms with Gasteiger partial charge in [-0.3, -0.25) is 9.69 Å². The number of hydrogen-bond acceptors (Lipinski definition) is 7. The lowest BCUT2D eigenvalue weighted by molar-refractivity contribution is -0.113. The van der Waals surface area contributed by atoms with E-state index in [4.69, 9.17) is 12.2 Å². The van der Waals surface area contributed by atoms with Crippen molar-refractivity contribution in [2.45, 2.75) is 38.1 Å². The zero-order valence-corrected chi connectivity index (χ0v) is 23.9. The number of carbonyl (C=O) groups excluding carboxylic acids is 1. The summed E-state index contributed by atoms with van der Waals surface area (Å²) < 4.78 is 1.79. The van der Waals surface area contributed by atoms with Gasteiger partial charge in [0.2, 0.25) is 5.91 Å². The number of fused-ring (bicyclic) bond motifs is 1. The topological polar surface area (TPSA) is 73.4 Å². The number of hydrogen-bond donors (Lipinski definition) is 2. The fourth-order valence-corrected chi connectivity index (χ4v) is 6.52. The van der Waals surface area contributed by atoms with Crippen LogP contribution >= 0.6 is 39.9 Å². The molecule has 1 amide bonds. The van der Waals surface area contributed by atoms with E-state index in [2.05, 4.69) is 46.3 Å². The van der Waals surface area contributed by atoms with Crippen LogP contribution in [0, 0.1) is 0 Å². The van der Waals surface area contributed by atoms with E-state index in [9.17, 15) is 4.79 Å². The second kappa shape index (κ2) is 12.5. The van der Waals surface area contributed by atoms with Gasteiger partial charge in [0, 0.05) is 53.5 Å². The third-order valence-corrected chi connectivity index (χ3v) is 9.01. The van der Waals surface area contributed by atoms with E-state index in [-0.39, 0.29) is 11.7 Å². The molecule has 2 N–H and O–H groups in total. The smallest absolute Gasteiger partial charge is 0.234 e. The molecule has 3 aromatic rings. The fourth-order valence-electron chi connectivity index (χ4n) is 5.07. The molecule has 0 spiro atoms. The van der Waals surface area contributed by atoms with Crippen molar-refractivity contribution < 1.29 is 4.79 Å². The summed E-state index contributed by atoms with van der Waals surface area (Å²) in [6.07, 6.45) is 8.32. The lowest BCUT2D eigenvalue weighted by Crippen LogP contribution is -2.51. The molecule has 1 aliphatic carbocycles. The molecule has 194 valence electrons. The maximum atomic E-state index is 12.7. The number of carbonyl (C=O) groups is 1. The predicted molar refractivity (Wildman–Crippen MR) is 161 cm³/mol. The zero-order chi connectivity index (χ0) is 25.6. The van der Waals surface area contributed by atoms with Crippen LogP contribution in [-0.4, -0.2) is 68.0 Å². The number of nitrogens with one attached hydrogen (secondary N) is 2. The number of aromatic nitrogens is 2. The highest BCUT2D eigenvalue weighted by Gasteiger charge is 2.26. The Labute approximate surface area is 235 Å². The molecule has 7 nitrogen and oxygen atoms in total. The largest absolute Gasteiger partial charge is 0.355 e. The monoisotopic (exact) mass is 598 g/mol. The van der Waals surface area contributed by atoms with E-state index in [1.165, 1.54) is 50.2 Å². The van der Waals surface area contributed by atoms with Gasteiger partial charge in [-0.1, -0.05) is 65.2 Å². The summed E-state index contributed by atoms with van der Waals surface area (Å²) in [6.45, 7) is 4.02. The Kier molecular flexibility index (Phi) is 8.91. The molecule has 37 heavy (non-hydrogen) atoms. The van der Waals surface area contributed by atoms with Crippen LogP contribution in [0.4, 0.5) is 17.2 Å². The highest BCUT2D eigenvalue weighted by Crippen LogP contribution is 2.27. The van der Waals surface area contributed by atoms with Gasteiger partial charge >= 0.3 is 0 Å². The first kappa shape index (κ1) is 26.3. The number of benzene rings is 2. The molecule has 0 unspecified atom stereocenters. The van der Waals surface area contributed by atoms with Crippen LogP contribution in [0.15, 0.2) is 53.3 Å². The van der Waals surface area contributed by atoms with Gasteiger partial charge in [0.05, 0.1) is 11.3 Å². The summed E-state index contributed by atoms with van der Waals surface area (Å²) in [5, 5.41) is 7.18. The first-order valence-corrected chi connectivity index (χ1v) is 15.0. The number of amides is 1. The highest BCUT2D eigenvalue weighted by molar-refractivity contribution is 9.10. The first-order chi connectivity index (χ1) is 18.0. The molecule has 0 atom stereocenters. The van der Waals surface area contributed by atoms with Gasteiger partial charge in [0.25, 0.3) is 0 Å². The summed E-state index contributed by atoms with van der Waals surface area (Å²) in [5.74, 6) is 0.891. The number of nitrogens with zero attached hydrogens (tertiary/aromatic N) is 4. The van der Waals surface area contributed by atoms with Crippen molar-refractivity contribution in [2.75, 3.05) is 42.6 Å². The van der Waals surface area contributed by atoms with Gasteiger partial charge in [-0.15, -0.1) is 0 Å². The molecule has 5 rings (SSSR count). The van der Waals surface area contributed by atoms with Crippen LogP contribution in [0.3, 0.4) is 0 Å². The number of piperazine rings is 1. The Morgan fingerprint density at radius 3 is 2.62 bits per heavy atom. The lowest BCUT2D eigenvalue weighted by atomic mass is 9.94. The van der Waals surface area contributed by atoms with Crippen LogP contribution in [-0.2, 0) is 4.79 Å². The van der Waals surface area contributed by atoms with Gasteiger partial charge in [-0.05, 0) is 49.2 Å². The van der Waals surface area contributed by atoms with E-state index >= 15 is 0 Å². The van der Waals surface area contributed by atoms with Crippen molar-refractivity contribution in [3.8, 4) is 0 Å². The zero-order valence-electron chi connectivity index (χ0n) is 20.7. The minimum Gasteiger partial charge on any atom is -0.355 e. The van der Waals surface area contributed by atoms with Crippen LogP contribution in [0.25, 0.3) is 10.9 Å². The van der Waals surface area contributed by atoms with Crippen molar-refractivity contribution in [3.63, 3.8) is 0 Å². The van der Waals surface area contributed by atoms with Gasteiger partial charge in [0.1, 0.15) is 16.5 Å². The molecule has 2 aromatic carbocycles. The van der Waals surface area contributed by atoms with Gasteiger partial charge < -0.3 is 15.5 Å². The second-order valence-corrected chi connectivity index (χ2v) is 12.0. The van der Waals surface area contributed by atoms with E-state index < -0.39 is 0 Å². The molecule has 1 saturated heterocycles. The van der Waals surface area contributed by atoms with Crippen molar-refractivity contribution in [2.24, 2.45) is 0 Å². The Bertz CT molecular complexity index is 1260. The number of halogens is 1. The average Bonchev–Trinajstić information content (AvgIpc) is 2.93. The van der Waals surface area contributed by atoms with Crippen LogP contribution in [0.1, 0.15) is 32.1 Å². The number of anilines is 3. The van der Waals surface area contributed by atoms with Crippen LogP contribution < -0.4 is 10.6 Å². The highest BCUT2D eigenvalue weighted by atomic mass is 79.9. The minimum absolute atomic E-state index is 0.0779. The quantitative estimate of drug-likeness (QED) is 0.333. The Morgan fingerprint density at radius 1 is 1.03 bits per heavy atom. The normalized spacial score (nSPS) is 17.1. The molecule has 0 radical (unpaired) electrons. The number of thiocarbonyl (C=S) groups is 1. The molecule has 2 fully saturated rings. The maximum absolute atomic E-state index is 12.7. The molecule has 1 aromatic heterocycles. The third kappa shape index (κ3) is 6.98. The molecular weight excluding hydrogens is 568 g/mol. The standard InChI is InChI=1S/C27H31BrN6OS2/c28-19-5-4-6-20(15-19)32-26-23-16-21(9-10-24(23)29-18-30-26)31-25(35)17-37-27(36)34-13-11-33(12-14-34)22-7-2-1-3-8-22/h4-6,9-10,15-16,18,22H,1-3,7-8,11-14,17H2,(H,31,35)(H,29,30,32).